The molecule has 0 radical (unpaired) electrons. The summed E-state index contributed by atoms with van der Waals surface area (Å²) in [5.74, 6) is 0.174. The third-order valence-electron chi connectivity index (χ3n) is 4.85. The van der Waals surface area contributed by atoms with Crippen LogP contribution in [0.3, 0.4) is 0 Å². The van der Waals surface area contributed by atoms with Gasteiger partial charge in [-0.05, 0) is 29.7 Å². The van der Waals surface area contributed by atoms with Crippen LogP contribution in [0.5, 0.6) is 17.2 Å². The first-order chi connectivity index (χ1) is 15.1. The van der Waals surface area contributed by atoms with Crippen LogP contribution < -0.4 is 20.2 Å². The molecule has 0 spiro atoms. The Balaban J connectivity index is 0.000000175. The van der Waals surface area contributed by atoms with Gasteiger partial charge in [-0.3, -0.25) is 0 Å². The number of aromatic hydroxyl groups is 1. The number of H-pyrrole nitrogens is 1. The maximum atomic E-state index is 11.8. The molecule has 0 aliphatic carbocycles. The molecule has 0 fully saturated rings. The summed E-state index contributed by atoms with van der Waals surface area (Å²) < 4.78 is 0. The molecule has 152 valence electrons. The van der Waals surface area contributed by atoms with Gasteiger partial charge in [-0.2, -0.15) is 0 Å². The number of para-hydroxylation sites is 3. The molecular weight excluding hydrogens is 397 g/mol. The topological polar surface area (TPSA) is 94.5 Å². The first-order valence-electron chi connectivity index (χ1n) is 9.76. The van der Waals surface area contributed by atoms with Crippen LogP contribution >= 0.6 is 0 Å². The van der Waals surface area contributed by atoms with E-state index in [9.17, 15) is 15.3 Å². The fraction of sp³-hybridized carbons (Fsp3) is 0. The van der Waals surface area contributed by atoms with E-state index in [-0.39, 0.29) is 27.4 Å². The standard InChI is InChI=1S/C13H11NO2.C13H9NO.Be/c15-12-7-3-1-5-10(12)9-14-11-6-2-4-8-13(11)16;15-11-5-1-3-9-6-7-10-4-2-8-14-13(10)12(9)11;/h1-9,15-16H;1-8,15H;/q;;+2. The molecule has 3 N–H and O–H groups in total. The van der Waals surface area contributed by atoms with Gasteiger partial charge in [0.25, 0.3) is 0 Å². The Kier molecular flexibility index (Phi) is 7.17. The average molecular weight is 417 g/mol. The van der Waals surface area contributed by atoms with Crippen molar-refractivity contribution in [3.05, 3.63) is 103 Å². The monoisotopic (exact) mass is 417 g/mol. The van der Waals surface area contributed by atoms with Crippen LogP contribution in [0.1, 0.15) is 5.56 Å². The zero-order valence-electron chi connectivity index (χ0n) is 17.3. The zero-order valence-corrected chi connectivity index (χ0v) is 17.3. The molecule has 6 heteroatoms. The second kappa shape index (κ2) is 10.2. The summed E-state index contributed by atoms with van der Waals surface area (Å²) in [7, 11) is 0. The molecule has 1 aromatic heterocycles. The SMILES string of the molecule is [Be+2].[O-]c1cccc2ccc3ccc[nH+]c3c12.[O-]c1ccccc1C=[NH+]c1ccccc1O. The normalized spacial score (nSPS) is 10.5. The number of benzene rings is 4. The summed E-state index contributed by atoms with van der Waals surface area (Å²) in [6, 6.07) is 26.8. The average Bonchev–Trinajstić information content (AvgIpc) is 2.80. The van der Waals surface area contributed by atoms with Crippen LogP contribution in [0, 0.1) is 0 Å². The Morgan fingerprint density at radius 1 is 0.719 bits per heavy atom. The van der Waals surface area contributed by atoms with Gasteiger partial charge in [-0.15, -0.1) is 0 Å². The number of phenols is 1. The van der Waals surface area contributed by atoms with Gasteiger partial charge in [-0.1, -0.05) is 66.1 Å². The molecule has 0 saturated carbocycles. The van der Waals surface area contributed by atoms with Crippen LogP contribution in [0.25, 0.3) is 21.7 Å². The number of fused-ring (bicyclic) bond motifs is 3. The van der Waals surface area contributed by atoms with Crippen molar-refractivity contribution in [3.63, 3.8) is 0 Å². The molecule has 5 aromatic rings. The third-order valence-corrected chi connectivity index (χ3v) is 4.85. The van der Waals surface area contributed by atoms with E-state index in [4.69, 9.17) is 0 Å². The van der Waals surface area contributed by atoms with Gasteiger partial charge in [0.15, 0.2) is 18.2 Å². The van der Waals surface area contributed by atoms with Crippen molar-refractivity contribution in [3.8, 4) is 17.2 Å². The Morgan fingerprint density at radius 3 is 2.22 bits per heavy atom. The molecule has 0 amide bonds. The minimum absolute atomic E-state index is 0. The van der Waals surface area contributed by atoms with Crippen LogP contribution in [-0.2, 0) is 0 Å². The van der Waals surface area contributed by atoms with E-state index in [1.165, 1.54) is 6.07 Å². The second-order valence-corrected chi connectivity index (χ2v) is 6.90. The van der Waals surface area contributed by atoms with E-state index < -0.39 is 0 Å². The largest absolute Gasteiger partial charge is 2.00 e. The van der Waals surface area contributed by atoms with Gasteiger partial charge in [0.1, 0.15) is 0 Å². The first kappa shape index (κ1) is 22.5. The van der Waals surface area contributed by atoms with Crippen LogP contribution in [0.2, 0.25) is 0 Å². The van der Waals surface area contributed by atoms with E-state index in [0.717, 1.165) is 21.7 Å². The van der Waals surface area contributed by atoms with Crippen molar-refractivity contribution in [2.24, 2.45) is 0 Å². The quantitative estimate of drug-likeness (QED) is 0.198. The van der Waals surface area contributed by atoms with E-state index in [2.05, 4.69) is 9.98 Å². The predicted octanol–water partition coefficient (Wildman–Crippen LogP) is 1.80. The van der Waals surface area contributed by atoms with Gasteiger partial charge >= 0.3 is 10.1 Å². The Labute approximate surface area is 189 Å². The van der Waals surface area contributed by atoms with E-state index in [1.807, 2.05) is 36.5 Å². The molecule has 0 saturated heterocycles. The van der Waals surface area contributed by atoms with Gasteiger partial charge in [0, 0.05) is 28.5 Å². The summed E-state index contributed by atoms with van der Waals surface area (Å²) >= 11 is 0. The summed E-state index contributed by atoms with van der Waals surface area (Å²) in [6.07, 6.45) is 3.42. The first-order valence-corrected chi connectivity index (χ1v) is 9.76. The van der Waals surface area contributed by atoms with E-state index in [0.29, 0.717) is 11.3 Å². The molecule has 0 aliphatic rings. The maximum Gasteiger partial charge on any atom is 2.00 e. The minimum Gasteiger partial charge on any atom is -0.872 e. The molecule has 4 aromatic carbocycles. The van der Waals surface area contributed by atoms with Crippen LogP contribution in [-0.4, -0.2) is 21.4 Å². The van der Waals surface area contributed by atoms with Gasteiger partial charge in [0.05, 0.1) is 0 Å². The molecule has 0 bridgehead atoms. The number of aromatic nitrogens is 1. The maximum absolute atomic E-state index is 11.8. The van der Waals surface area contributed by atoms with Crippen molar-refractivity contribution in [1.29, 1.82) is 0 Å². The molecule has 0 aliphatic heterocycles. The smallest absolute Gasteiger partial charge is 0.872 e. The summed E-state index contributed by atoms with van der Waals surface area (Å²) in [6.45, 7) is 0. The van der Waals surface area contributed by atoms with Crippen molar-refractivity contribution in [1.82, 2.24) is 0 Å². The molecule has 32 heavy (non-hydrogen) atoms. The fourth-order valence-corrected chi connectivity index (χ4v) is 3.29. The van der Waals surface area contributed by atoms with Crippen LogP contribution in [0.15, 0.2) is 97.2 Å². The Bertz CT molecular complexity index is 1340. The van der Waals surface area contributed by atoms with E-state index in [1.54, 1.807) is 60.8 Å². The van der Waals surface area contributed by atoms with Gasteiger partial charge in [0.2, 0.25) is 11.2 Å². The number of hydrogen-bond acceptors (Lipinski definition) is 3. The zero-order chi connectivity index (χ0) is 21.6. The number of aromatic amines is 1. The number of hydrogen-bond donors (Lipinski definition) is 2. The minimum atomic E-state index is -0.0505. The third kappa shape index (κ3) is 4.91. The molecule has 5 rings (SSSR count). The molecule has 1 heterocycles. The van der Waals surface area contributed by atoms with Crippen molar-refractivity contribution in [2.45, 2.75) is 0 Å². The molecule has 0 atom stereocenters. The Morgan fingerprint density at radius 2 is 1.41 bits per heavy atom. The molecular formula is C26H20BeN2O3+2. The van der Waals surface area contributed by atoms with Crippen molar-refractivity contribution in [2.75, 3.05) is 0 Å². The summed E-state index contributed by atoms with van der Waals surface area (Å²) in [4.78, 5) is 6.03. The second-order valence-electron chi connectivity index (χ2n) is 6.90. The van der Waals surface area contributed by atoms with Gasteiger partial charge < -0.3 is 15.3 Å². The summed E-state index contributed by atoms with van der Waals surface area (Å²) in [5, 5.41) is 35.5. The van der Waals surface area contributed by atoms with E-state index >= 15 is 0 Å². The van der Waals surface area contributed by atoms with Crippen molar-refractivity contribution < 1.29 is 25.3 Å². The molecule has 0 unspecified atom stereocenters. The summed E-state index contributed by atoms with van der Waals surface area (Å²) in [5.41, 5.74) is 2.05. The predicted molar refractivity (Wildman–Crippen MR) is 123 cm³/mol. The van der Waals surface area contributed by atoms with Crippen molar-refractivity contribution >= 4 is 43.7 Å². The Hall–Kier alpha value is -4.21. The fourth-order valence-electron chi connectivity index (χ4n) is 3.29. The van der Waals surface area contributed by atoms with Crippen LogP contribution in [0.4, 0.5) is 5.69 Å². The number of rotatable bonds is 2. The number of pyridine rings is 1. The van der Waals surface area contributed by atoms with Gasteiger partial charge in [-0.25, -0.2) is 9.98 Å². The number of nitrogens with one attached hydrogen (secondary N) is 2. The molecule has 5 nitrogen and oxygen atoms in total. The number of phenolic OH excluding ortho intramolecular Hbond substituents is 1.